The van der Waals surface area contributed by atoms with Gasteiger partial charge in [-0.05, 0) is 31.3 Å². The number of anilines is 1. The summed E-state index contributed by atoms with van der Waals surface area (Å²) in [5.74, 6) is 0.775. The summed E-state index contributed by atoms with van der Waals surface area (Å²) < 4.78 is 54.5. The maximum atomic E-state index is 5.63. The van der Waals surface area contributed by atoms with Crippen molar-refractivity contribution in [2.75, 3.05) is 145 Å². The van der Waals surface area contributed by atoms with Crippen LogP contribution in [0.3, 0.4) is 0 Å². The minimum absolute atomic E-state index is 0.480. The molecular formula is C27H50N2O10. The number of nitrogen functional groups attached to an aromatic ring is 1. The van der Waals surface area contributed by atoms with Crippen LogP contribution in [0.5, 0.6) is 5.75 Å². The van der Waals surface area contributed by atoms with Crippen LogP contribution in [-0.4, -0.2) is 139 Å². The van der Waals surface area contributed by atoms with Crippen LogP contribution in [0.25, 0.3) is 0 Å². The van der Waals surface area contributed by atoms with E-state index in [4.69, 9.17) is 53.1 Å². The monoisotopic (exact) mass is 562 g/mol. The van der Waals surface area contributed by atoms with Crippen molar-refractivity contribution in [2.24, 2.45) is 0 Å². The highest BCUT2D eigenvalue weighted by Crippen LogP contribution is 2.12. The van der Waals surface area contributed by atoms with E-state index < -0.39 is 0 Å². The quantitative estimate of drug-likeness (QED) is 0.0990. The predicted molar refractivity (Wildman–Crippen MR) is 148 cm³/mol. The Bertz CT molecular complexity index is 613. The lowest BCUT2D eigenvalue weighted by molar-refractivity contribution is -0.0253. The van der Waals surface area contributed by atoms with Crippen LogP contribution in [0.15, 0.2) is 24.3 Å². The average Bonchev–Trinajstić information content (AvgIpc) is 2.95. The molecular weight excluding hydrogens is 512 g/mol. The van der Waals surface area contributed by atoms with Crippen molar-refractivity contribution in [3.8, 4) is 5.75 Å². The van der Waals surface area contributed by atoms with Gasteiger partial charge in [-0.3, -0.25) is 0 Å². The van der Waals surface area contributed by atoms with Crippen molar-refractivity contribution in [1.82, 2.24) is 5.32 Å². The molecule has 39 heavy (non-hydrogen) atoms. The summed E-state index contributed by atoms with van der Waals surface area (Å²) in [4.78, 5) is 0. The van der Waals surface area contributed by atoms with E-state index >= 15 is 0 Å². The Morgan fingerprint density at radius 2 is 0.718 bits per heavy atom. The van der Waals surface area contributed by atoms with E-state index in [0.29, 0.717) is 131 Å². The summed E-state index contributed by atoms with van der Waals surface area (Å²) in [5.41, 5.74) is 6.35. The molecule has 0 aliphatic rings. The van der Waals surface area contributed by atoms with E-state index in [-0.39, 0.29) is 0 Å². The molecule has 0 aliphatic heterocycles. The second kappa shape index (κ2) is 29.4. The SMILES string of the molecule is CNCCOCCOCCOCCOCCOCCOCCOCCOCCOCCOc1ccc(N)cc1. The molecule has 12 heteroatoms. The number of hydrogen-bond donors (Lipinski definition) is 2. The summed E-state index contributed by atoms with van der Waals surface area (Å²) >= 11 is 0. The summed E-state index contributed by atoms with van der Waals surface area (Å²) in [6.07, 6.45) is 0. The Kier molecular flexibility index (Phi) is 26.7. The highest BCUT2D eigenvalue weighted by Gasteiger charge is 1.97. The Labute approximate surface area is 233 Å². The first kappa shape index (κ1) is 35.4. The Morgan fingerprint density at radius 3 is 1.03 bits per heavy atom. The maximum Gasteiger partial charge on any atom is 0.119 e. The van der Waals surface area contributed by atoms with Crippen molar-refractivity contribution in [3.63, 3.8) is 0 Å². The van der Waals surface area contributed by atoms with Crippen molar-refractivity contribution in [2.45, 2.75) is 0 Å². The lowest BCUT2D eigenvalue weighted by Gasteiger charge is -2.09. The van der Waals surface area contributed by atoms with E-state index in [1.807, 2.05) is 19.2 Å². The van der Waals surface area contributed by atoms with Gasteiger partial charge in [0.2, 0.25) is 0 Å². The highest BCUT2D eigenvalue weighted by atomic mass is 16.6. The molecule has 0 unspecified atom stereocenters. The van der Waals surface area contributed by atoms with Gasteiger partial charge in [0, 0.05) is 12.2 Å². The zero-order valence-corrected chi connectivity index (χ0v) is 23.6. The molecule has 0 amide bonds. The standard InChI is InChI=1S/C27H50N2O10/c1-29-6-7-30-8-9-31-10-11-32-12-13-33-14-15-34-16-17-35-18-19-36-20-21-37-22-23-38-24-25-39-27-4-2-26(28)3-5-27/h2-5,29H,6-25,28H2,1H3. The zero-order chi connectivity index (χ0) is 27.9. The number of benzene rings is 1. The van der Waals surface area contributed by atoms with Gasteiger partial charge in [0.25, 0.3) is 0 Å². The normalized spacial score (nSPS) is 11.3. The first-order valence-corrected chi connectivity index (χ1v) is 13.7. The van der Waals surface area contributed by atoms with Gasteiger partial charge < -0.3 is 58.4 Å². The number of ether oxygens (including phenoxy) is 10. The molecule has 0 aromatic heterocycles. The molecule has 0 bridgehead atoms. The molecule has 1 rings (SSSR count). The van der Waals surface area contributed by atoms with Crippen LogP contribution in [0.2, 0.25) is 0 Å². The van der Waals surface area contributed by atoms with Gasteiger partial charge in [0.05, 0.1) is 119 Å². The minimum atomic E-state index is 0.480. The lowest BCUT2D eigenvalue weighted by atomic mass is 10.3. The maximum absolute atomic E-state index is 5.63. The molecule has 1 aromatic rings. The van der Waals surface area contributed by atoms with Crippen molar-refractivity contribution in [3.05, 3.63) is 24.3 Å². The van der Waals surface area contributed by atoms with Gasteiger partial charge >= 0.3 is 0 Å². The van der Waals surface area contributed by atoms with Crippen molar-refractivity contribution < 1.29 is 47.4 Å². The predicted octanol–water partition coefficient (Wildman–Crippen LogP) is 1.02. The van der Waals surface area contributed by atoms with Crippen molar-refractivity contribution in [1.29, 1.82) is 0 Å². The van der Waals surface area contributed by atoms with Gasteiger partial charge in [-0.15, -0.1) is 0 Å². The summed E-state index contributed by atoms with van der Waals surface area (Å²) in [7, 11) is 1.90. The van der Waals surface area contributed by atoms with Gasteiger partial charge in [-0.25, -0.2) is 0 Å². The summed E-state index contributed by atoms with van der Waals surface area (Å²) in [6, 6.07) is 7.27. The smallest absolute Gasteiger partial charge is 0.119 e. The van der Waals surface area contributed by atoms with Gasteiger partial charge in [0.15, 0.2) is 0 Å². The minimum Gasteiger partial charge on any atom is -0.491 e. The molecule has 0 saturated heterocycles. The summed E-state index contributed by atoms with van der Waals surface area (Å²) in [5, 5.41) is 3.02. The Morgan fingerprint density at radius 1 is 0.436 bits per heavy atom. The van der Waals surface area contributed by atoms with Crippen LogP contribution >= 0.6 is 0 Å². The topological polar surface area (TPSA) is 130 Å². The number of nitrogens with two attached hydrogens (primary N) is 1. The third-order valence-corrected chi connectivity index (χ3v) is 4.85. The van der Waals surface area contributed by atoms with Gasteiger partial charge in [0.1, 0.15) is 12.4 Å². The number of likely N-dealkylation sites (N-methyl/N-ethyl adjacent to an activating group) is 1. The van der Waals surface area contributed by atoms with Gasteiger partial charge in [-0.1, -0.05) is 0 Å². The molecule has 0 fully saturated rings. The molecule has 0 atom stereocenters. The number of nitrogens with one attached hydrogen (secondary N) is 1. The second-order valence-corrected chi connectivity index (χ2v) is 8.03. The fourth-order valence-corrected chi connectivity index (χ4v) is 2.82. The van der Waals surface area contributed by atoms with Crippen LogP contribution in [0.4, 0.5) is 5.69 Å². The molecule has 0 aliphatic carbocycles. The first-order chi connectivity index (χ1) is 19.3. The molecule has 3 N–H and O–H groups in total. The molecule has 12 nitrogen and oxygen atoms in total. The fraction of sp³-hybridized carbons (Fsp3) is 0.778. The lowest BCUT2D eigenvalue weighted by Crippen LogP contribution is -2.17. The van der Waals surface area contributed by atoms with E-state index in [0.717, 1.165) is 12.3 Å². The van der Waals surface area contributed by atoms with E-state index in [2.05, 4.69) is 5.32 Å². The van der Waals surface area contributed by atoms with Crippen LogP contribution in [0.1, 0.15) is 0 Å². The molecule has 0 saturated carbocycles. The zero-order valence-electron chi connectivity index (χ0n) is 23.6. The van der Waals surface area contributed by atoms with E-state index in [1.54, 1.807) is 12.1 Å². The molecule has 0 spiro atoms. The Balaban J connectivity index is 1.64. The molecule has 228 valence electrons. The number of rotatable bonds is 31. The van der Waals surface area contributed by atoms with Crippen LogP contribution in [0, 0.1) is 0 Å². The third kappa shape index (κ3) is 26.4. The van der Waals surface area contributed by atoms with Crippen LogP contribution in [-0.2, 0) is 42.6 Å². The molecule has 1 aromatic carbocycles. The average molecular weight is 563 g/mol. The summed E-state index contributed by atoms with van der Waals surface area (Å²) in [6.45, 7) is 11.0. The van der Waals surface area contributed by atoms with Crippen LogP contribution < -0.4 is 15.8 Å². The molecule has 0 radical (unpaired) electrons. The Hall–Kier alpha value is -1.58. The van der Waals surface area contributed by atoms with Crippen molar-refractivity contribution >= 4 is 5.69 Å². The highest BCUT2D eigenvalue weighted by molar-refractivity contribution is 5.41. The third-order valence-electron chi connectivity index (χ3n) is 4.85. The van der Waals surface area contributed by atoms with E-state index in [9.17, 15) is 0 Å². The fourth-order valence-electron chi connectivity index (χ4n) is 2.82. The van der Waals surface area contributed by atoms with E-state index in [1.165, 1.54) is 0 Å². The molecule has 0 heterocycles. The number of hydrogen-bond acceptors (Lipinski definition) is 12. The largest absolute Gasteiger partial charge is 0.491 e. The first-order valence-electron chi connectivity index (χ1n) is 13.7. The second-order valence-electron chi connectivity index (χ2n) is 8.03. The van der Waals surface area contributed by atoms with Gasteiger partial charge in [-0.2, -0.15) is 0 Å².